The quantitative estimate of drug-likeness (QED) is 0.402. The van der Waals surface area contributed by atoms with Crippen molar-refractivity contribution in [1.29, 1.82) is 0 Å². The number of hydrogen-bond donors (Lipinski definition) is 2. The lowest BCUT2D eigenvalue weighted by atomic mass is 9.94. The Kier molecular flexibility index (Phi) is 7.86. The monoisotopic (exact) mass is 482 g/mol. The molecule has 0 aliphatic carbocycles. The van der Waals surface area contributed by atoms with Crippen LogP contribution in [0.2, 0.25) is 10.0 Å². The van der Waals surface area contributed by atoms with E-state index in [1.165, 1.54) is 11.8 Å². The van der Waals surface area contributed by atoms with Gasteiger partial charge in [-0.2, -0.15) is 0 Å². The summed E-state index contributed by atoms with van der Waals surface area (Å²) in [5, 5.41) is 7.65. The maximum atomic E-state index is 12.8. The Balaban J connectivity index is 1.30. The van der Waals surface area contributed by atoms with E-state index in [0.29, 0.717) is 28.4 Å². The first kappa shape index (κ1) is 23.6. The predicted octanol–water partition coefficient (Wildman–Crippen LogP) is 6.53. The number of carbonyl (C=O) groups excluding carboxylic acids is 1. The summed E-state index contributed by atoms with van der Waals surface area (Å²) >= 11 is 11.9. The highest BCUT2D eigenvalue weighted by atomic mass is 35.5. The Morgan fingerprint density at radius 2 is 1.73 bits per heavy atom. The Morgan fingerprint density at radius 3 is 2.42 bits per heavy atom. The summed E-state index contributed by atoms with van der Waals surface area (Å²) in [6.07, 6.45) is 3.75. The van der Waals surface area contributed by atoms with Crippen LogP contribution < -0.4 is 10.6 Å². The van der Waals surface area contributed by atoms with Gasteiger partial charge in [-0.1, -0.05) is 47.5 Å². The van der Waals surface area contributed by atoms with Gasteiger partial charge in [0, 0.05) is 29.5 Å². The van der Waals surface area contributed by atoms with E-state index >= 15 is 0 Å². The number of nitrogens with zero attached hydrogens (tertiary/aromatic N) is 2. The van der Waals surface area contributed by atoms with Gasteiger partial charge in [0.15, 0.2) is 0 Å². The summed E-state index contributed by atoms with van der Waals surface area (Å²) < 4.78 is 0. The van der Waals surface area contributed by atoms with Crippen LogP contribution in [-0.4, -0.2) is 35.4 Å². The van der Waals surface area contributed by atoms with E-state index in [1.54, 1.807) is 12.1 Å². The summed E-state index contributed by atoms with van der Waals surface area (Å²) in [5.41, 5.74) is 2.73. The Hall–Kier alpha value is -2.60. The summed E-state index contributed by atoms with van der Waals surface area (Å²) in [6.45, 7) is 5.21. The molecule has 5 nitrogen and oxygen atoms in total. The van der Waals surface area contributed by atoms with Crippen molar-refractivity contribution in [1.82, 2.24) is 9.88 Å². The molecule has 33 heavy (non-hydrogen) atoms. The lowest BCUT2D eigenvalue weighted by Crippen LogP contribution is -2.37. The van der Waals surface area contributed by atoms with Crippen LogP contribution in [0.1, 0.15) is 41.7 Å². The van der Waals surface area contributed by atoms with Crippen LogP contribution in [-0.2, 0) is 0 Å². The van der Waals surface area contributed by atoms with E-state index in [1.807, 2.05) is 36.4 Å². The number of para-hydroxylation sites is 1. The number of anilines is 2. The summed E-state index contributed by atoms with van der Waals surface area (Å²) in [7, 11) is 0. The maximum absolute atomic E-state index is 12.8. The minimum Gasteiger partial charge on any atom is -0.384 e. The second kappa shape index (κ2) is 11.0. The molecular weight excluding hydrogens is 455 g/mol. The minimum atomic E-state index is -0.195. The average Bonchev–Trinajstić information content (AvgIpc) is 2.85. The highest BCUT2D eigenvalue weighted by molar-refractivity contribution is 6.30. The third-order valence-electron chi connectivity index (χ3n) is 6.27. The smallest absolute Gasteiger partial charge is 0.258 e. The average molecular weight is 483 g/mol. The number of amides is 1. The van der Waals surface area contributed by atoms with Crippen molar-refractivity contribution in [3.63, 3.8) is 0 Å². The van der Waals surface area contributed by atoms with Crippen LogP contribution in [0, 0.1) is 5.92 Å². The number of halogens is 2. The molecule has 0 radical (unpaired) electrons. The van der Waals surface area contributed by atoms with Crippen molar-refractivity contribution in [3.8, 4) is 0 Å². The second-order valence-corrected chi connectivity index (χ2v) is 9.32. The van der Waals surface area contributed by atoms with Crippen LogP contribution in [0.15, 0.2) is 66.9 Å². The Labute approximate surface area is 205 Å². The number of carbonyl (C=O) groups is 1. The SMILES string of the molecule is CC(c1ccc(Cl)cc1)N1CCC(CNc2ccccc2C(=O)Nc2ccc(Cl)cn2)CC1. The molecule has 2 heterocycles. The van der Waals surface area contributed by atoms with Gasteiger partial charge in [0.1, 0.15) is 5.82 Å². The first-order valence-corrected chi connectivity index (χ1v) is 12.0. The fourth-order valence-corrected chi connectivity index (χ4v) is 4.46. The van der Waals surface area contributed by atoms with Crippen LogP contribution in [0.5, 0.6) is 0 Å². The topological polar surface area (TPSA) is 57.3 Å². The lowest BCUT2D eigenvalue weighted by molar-refractivity contribution is 0.102. The normalized spacial score (nSPS) is 15.7. The molecule has 1 aromatic heterocycles. The van der Waals surface area contributed by atoms with Crippen LogP contribution >= 0.6 is 23.2 Å². The Morgan fingerprint density at radius 1 is 1.03 bits per heavy atom. The van der Waals surface area contributed by atoms with Crippen molar-refractivity contribution in [2.24, 2.45) is 5.92 Å². The molecule has 1 amide bonds. The number of likely N-dealkylation sites (tertiary alicyclic amines) is 1. The Bertz CT molecular complexity index is 1060. The minimum absolute atomic E-state index is 0.195. The molecular formula is C26H28Cl2N4O. The van der Waals surface area contributed by atoms with Gasteiger partial charge in [-0.3, -0.25) is 9.69 Å². The van der Waals surface area contributed by atoms with Gasteiger partial charge in [-0.05, 0) is 80.7 Å². The van der Waals surface area contributed by atoms with Gasteiger partial charge in [-0.15, -0.1) is 0 Å². The van der Waals surface area contributed by atoms with E-state index in [-0.39, 0.29) is 5.91 Å². The molecule has 2 N–H and O–H groups in total. The zero-order chi connectivity index (χ0) is 23.2. The van der Waals surface area contributed by atoms with Crippen LogP contribution in [0.3, 0.4) is 0 Å². The zero-order valence-electron chi connectivity index (χ0n) is 18.6. The molecule has 0 saturated carbocycles. The fraction of sp³-hybridized carbons (Fsp3) is 0.308. The predicted molar refractivity (Wildman–Crippen MR) is 136 cm³/mol. The molecule has 1 aliphatic rings. The molecule has 1 aliphatic heterocycles. The first-order valence-electron chi connectivity index (χ1n) is 11.2. The number of benzene rings is 2. The highest BCUT2D eigenvalue weighted by Gasteiger charge is 2.24. The number of pyridine rings is 1. The first-order chi connectivity index (χ1) is 16.0. The summed E-state index contributed by atoms with van der Waals surface area (Å²) in [4.78, 5) is 19.5. The third-order valence-corrected chi connectivity index (χ3v) is 6.75. The molecule has 4 rings (SSSR count). The number of aromatic nitrogens is 1. The molecule has 1 atom stereocenters. The molecule has 0 bridgehead atoms. The molecule has 7 heteroatoms. The maximum Gasteiger partial charge on any atom is 0.258 e. The van der Waals surface area contributed by atoms with Gasteiger partial charge < -0.3 is 10.6 Å². The van der Waals surface area contributed by atoms with Gasteiger partial charge >= 0.3 is 0 Å². The van der Waals surface area contributed by atoms with Crippen LogP contribution in [0.4, 0.5) is 11.5 Å². The summed E-state index contributed by atoms with van der Waals surface area (Å²) in [5.74, 6) is 0.841. The number of rotatable bonds is 7. The lowest BCUT2D eigenvalue weighted by Gasteiger charge is -2.36. The van der Waals surface area contributed by atoms with Gasteiger partial charge in [-0.25, -0.2) is 4.98 Å². The van der Waals surface area contributed by atoms with Gasteiger partial charge in [0.2, 0.25) is 0 Å². The van der Waals surface area contributed by atoms with Crippen molar-refractivity contribution in [3.05, 3.63) is 88.0 Å². The number of piperidine rings is 1. The van der Waals surface area contributed by atoms with E-state index in [2.05, 4.69) is 39.6 Å². The van der Waals surface area contributed by atoms with Crippen molar-refractivity contribution >= 4 is 40.6 Å². The van der Waals surface area contributed by atoms with E-state index in [9.17, 15) is 4.79 Å². The van der Waals surface area contributed by atoms with E-state index < -0.39 is 0 Å². The highest BCUT2D eigenvalue weighted by Crippen LogP contribution is 2.28. The van der Waals surface area contributed by atoms with Gasteiger partial charge in [0.05, 0.1) is 10.6 Å². The second-order valence-electron chi connectivity index (χ2n) is 8.45. The number of hydrogen-bond acceptors (Lipinski definition) is 4. The largest absolute Gasteiger partial charge is 0.384 e. The van der Waals surface area contributed by atoms with Crippen molar-refractivity contribution in [2.75, 3.05) is 30.3 Å². The zero-order valence-corrected chi connectivity index (χ0v) is 20.1. The number of nitrogens with one attached hydrogen (secondary N) is 2. The molecule has 1 fully saturated rings. The fourth-order valence-electron chi connectivity index (χ4n) is 4.22. The summed E-state index contributed by atoms with van der Waals surface area (Å²) in [6, 6.07) is 19.5. The standard InChI is InChI=1S/C26H28Cl2N4O/c1-18(20-6-8-21(27)9-7-20)32-14-12-19(13-15-32)16-29-24-5-3-2-4-23(24)26(33)31-25-11-10-22(28)17-30-25/h2-11,17-19,29H,12-16H2,1H3,(H,30,31,33). The van der Waals surface area contributed by atoms with E-state index in [0.717, 1.165) is 43.2 Å². The van der Waals surface area contributed by atoms with E-state index in [4.69, 9.17) is 23.2 Å². The van der Waals surface area contributed by atoms with Crippen LogP contribution in [0.25, 0.3) is 0 Å². The molecule has 2 aromatic carbocycles. The van der Waals surface area contributed by atoms with Gasteiger partial charge in [0.25, 0.3) is 5.91 Å². The molecule has 3 aromatic rings. The van der Waals surface area contributed by atoms with Crippen molar-refractivity contribution < 1.29 is 4.79 Å². The molecule has 1 saturated heterocycles. The third kappa shape index (κ3) is 6.26. The van der Waals surface area contributed by atoms with Crippen molar-refractivity contribution in [2.45, 2.75) is 25.8 Å². The molecule has 172 valence electrons. The molecule has 1 unspecified atom stereocenters. The molecule has 0 spiro atoms.